The van der Waals surface area contributed by atoms with Gasteiger partial charge in [0, 0.05) is 29.9 Å². The van der Waals surface area contributed by atoms with E-state index >= 15 is 0 Å². The number of rotatable bonds is 6. The molecule has 0 aliphatic heterocycles. The van der Waals surface area contributed by atoms with Gasteiger partial charge in [-0.1, -0.05) is 0 Å². The van der Waals surface area contributed by atoms with Gasteiger partial charge in [-0.3, -0.25) is 9.71 Å². The van der Waals surface area contributed by atoms with E-state index in [4.69, 9.17) is 0 Å². The zero-order valence-corrected chi connectivity index (χ0v) is 13.3. The van der Waals surface area contributed by atoms with Crippen molar-refractivity contribution in [3.05, 3.63) is 40.3 Å². The SMILES string of the molecule is Cc1cnccc1NS(=O)(=O)c1ccsc1CNC1CC1. The Morgan fingerprint density at radius 2 is 2.19 bits per heavy atom. The molecule has 0 radical (unpaired) electrons. The highest BCUT2D eigenvalue weighted by atomic mass is 32.2. The molecule has 7 heteroatoms. The Hall–Kier alpha value is -1.44. The summed E-state index contributed by atoms with van der Waals surface area (Å²) in [5.41, 5.74) is 1.37. The fraction of sp³-hybridized carbons (Fsp3) is 0.357. The summed E-state index contributed by atoms with van der Waals surface area (Å²) in [5.74, 6) is 0. The monoisotopic (exact) mass is 323 g/mol. The summed E-state index contributed by atoms with van der Waals surface area (Å²) >= 11 is 1.47. The van der Waals surface area contributed by atoms with Crippen molar-refractivity contribution in [3.8, 4) is 0 Å². The first-order valence-corrected chi connectivity index (χ1v) is 9.16. The Morgan fingerprint density at radius 3 is 2.90 bits per heavy atom. The lowest BCUT2D eigenvalue weighted by atomic mass is 10.3. The lowest BCUT2D eigenvalue weighted by Crippen LogP contribution is -2.19. The summed E-state index contributed by atoms with van der Waals surface area (Å²) in [6.07, 6.45) is 5.58. The second-order valence-electron chi connectivity index (χ2n) is 5.16. The van der Waals surface area contributed by atoms with Gasteiger partial charge in [0.1, 0.15) is 4.90 Å². The molecule has 0 atom stereocenters. The molecule has 1 fully saturated rings. The second kappa shape index (κ2) is 5.75. The lowest BCUT2D eigenvalue weighted by molar-refractivity contribution is 0.599. The van der Waals surface area contributed by atoms with E-state index in [1.165, 1.54) is 24.2 Å². The van der Waals surface area contributed by atoms with Crippen LogP contribution in [0.3, 0.4) is 0 Å². The zero-order chi connectivity index (χ0) is 14.9. The molecule has 0 aromatic carbocycles. The predicted molar refractivity (Wildman–Crippen MR) is 84.0 cm³/mol. The number of nitrogens with one attached hydrogen (secondary N) is 2. The third-order valence-corrected chi connectivity index (χ3v) is 5.89. The molecule has 0 bridgehead atoms. The molecular weight excluding hydrogens is 306 g/mol. The molecule has 21 heavy (non-hydrogen) atoms. The third kappa shape index (κ3) is 3.42. The maximum atomic E-state index is 12.5. The van der Waals surface area contributed by atoms with Crippen molar-refractivity contribution < 1.29 is 8.42 Å². The Morgan fingerprint density at radius 1 is 1.38 bits per heavy atom. The molecule has 2 heterocycles. The van der Waals surface area contributed by atoms with Crippen molar-refractivity contribution in [2.24, 2.45) is 0 Å². The van der Waals surface area contributed by atoms with Crippen LogP contribution < -0.4 is 10.0 Å². The standard InChI is InChI=1S/C14H17N3O2S2/c1-10-8-15-6-4-12(10)17-21(18,19)14-5-7-20-13(14)9-16-11-2-3-11/h4-8,11,16H,2-3,9H2,1H3,(H,15,17). The zero-order valence-electron chi connectivity index (χ0n) is 11.7. The number of aromatic nitrogens is 1. The summed E-state index contributed by atoms with van der Waals surface area (Å²) in [6, 6.07) is 3.88. The summed E-state index contributed by atoms with van der Waals surface area (Å²) in [5, 5.41) is 5.17. The van der Waals surface area contributed by atoms with Crippen LogP contribution in [0, 0.1) is 6.92 Å². The Labute approximate surface area is 128 Å². The van der Waals surface area contributed by atoms with Gasteiger partial charge in [0.2, 0.25) is 0 Å². The van der Waals surface area contributed by atoms with Crippen LogP contribution in [-0.4, -0.2) is 19.4 Å². The number of anilines is 1. The molecule has 2 N–H and O–H groups in total. The van der Waals surface area contributed by atoms with E-state index in [1.54, 1.807) is 24.5 Å². The molecule has 2 aromatic rings. The maximum Gasteiger partial charge on any atom is 0.263 e. The highest BCUT2D eigenvalue weighted by Gasteiger charge is 2.24. The fourth-order valence-corrected chi connectivity index (χ4v) is 4.54. The predicted octanol–water partition coefficient (Wildman–Crippen LogP) is 2.50. The summed E-state index contributed by atoms with van der Waals surface area (Å²) < 4.78 is 27.7. The number of pyridine rings is 1. The van der Waals surface area contributed by atoms with Crippen molar-refractivity contribution in [1.29, 1.82) is 0 Å². The normalized spacial score (nSPS) is 15.1. The lowest BCUT2D eigenvalue weighted by Gasteiger charge is -2.11. The number of nitrogens with zero attached hydrogens (tertiary/aromatic N) is 1. The van der Waals surface area contributed by atoms with E-state index in [9.17, 15) is 8.42 Å². The molecule has 2 aromatic heterocycles. The third-order valence-electron chi connectivity index (χ3n) is 3.39. The maximum absolute atomic E-state index is 12.5. The van der Waals surface area contributed by atoms with Gasteiger partial charge in [0.25, 0.3) is 10.0 Å². The second-order valence-corrected chi connectivity index (χ2v) is 7.81. The number of thiophene rings is 1. The average molecular weight is 323 g/mol. The number of aryl methyl sites for hydroxylation is 1. The van der Waals surface area contributed by atoms with Crippen molar-refractivity contribution in [2.75, 3.05) is 4.72 Å². The molecule has 1 saturated carbocycles. The first kappa shape index (κ1) is 14.5. The van der Waals surface area contributed by atoms with E-state index in [0.29, 0.717) is 23.2 Å². The van der Waals surface area contributed by atoms with E-state index in [0.717, 1.165) is 10.4 Å². The van der Waals surface area contributed by atoms with Crippen molar-refractivity contribution in [3.63, 3.8) is 0 Å². The molecule has 112 valence electrons. The smallest absolute Gasteiger partial charge is 0.263 e. The highest BCUT2D eigenvalue weighted by Crippen LogP contribution is 2.27. The van der Waals surface area contributed by atoms with Gasteiger partial charge in [-0.2, -0.15) is 0 Å². The molecule has 0 spiro atoms. The van der Waals surface area contributed by atoms with Crippen LogP contribution in [-0.2, 0) is 16.6 Å². The highest BCUT2D eigenvalue weighted by molar-refractivity contribution is 7.93. The Bertz CT molecular complexity index is 736. The largest absolute Gasteiger partial charge is 0.309 e. The quantitative estimate of drug-likeness (QED) is 0.857. The minimum Gasteiger partial charge on any atom is -0.309 e. The first-order valence-electron chi connectivity index (χ1n) is 6.79. The van der Waals surface area contributed by atoms with E-state index in [-0.39, 0.29) is 0 Å². The minimum absolute atomic E-state index is 0.358. The van der Waals surface area contributed by atoms with Crippen LogP contribution in [0.15, 0.2) is 34.8 Å². The summed E-state index contributed by atoms with van der Waals surface area (Å²) in [7, 11) is -3.56. The van der Waals surface area contributed by atoms with Gasteiger partial charge in [-0.15, -0.1) is 11.3 Å². The van der Waals surface area contributed by atoms with Gasteiger partial charge in [0.15, 0.2) is 0 Å². The molecule has 0 saturated heterocycles. The van der Waals surface area contributed by atoms with Crippen molar-refractivity contribution >= 4 is 27.0 Å². The van der Waals surface area contributed by atoms with Crippen molar-refractivity contribution in [1.82, 2.24) is 10.3 Å². The van der Waals surface area contributed by atoms with Crippen LogP contribution in [0.1, 0.15) is 23.3 Å². The van der Waals surface area contributed by atoms with E-state index in [2.05, 4.69) is 15.0 Å². The van der Waals surface area contributed by atoms with Crippen LogP contribution in [0.25, 0.3) is 0 Å². The van der Waals surface area contributed by atoms with Crippen LogP contribution in [0.2, 0.25) is 0 Å². The fourth-order valence-electron chi connectivity index (χ4n) is 2.01. The number of hydrogen-bond donors (Lipinski definition) is 2. The summed E-state index contributed by atoms with van der Waals surface area (Å²) in [6.45, 7) is 2.43. The average Bonchev–Trinajstić information content (AvgIpc) is 3.15. The topological polar surface area (TPSA) is 71.1 Å². The molecule has 1 aliphatic rings. The molecule has 0 amide bonds. The van der Waals surface area contributed by atoms with Crippen molar-refractivity contribution in [2.45, 2.75) is 37.2 Å². The van der Waals surface area contributed by atoms with Gasteiger partial charge < -0.3 is 5.32 Å². The van der Waals surface area contributed by atoms with Gasteiger partial charge in [-0.05, 0) is 42.8 Å². The molecule has 0 unspecified atom stereocenters. The molecule has 5 nitrogen and oxygen atoms in total. The van der Waals surface area contributed by atoms with E-state index in [1.807, 2.05) is 12.3 Å². The van der Waals surface area contributed by atoms with Crippen LogP contribution >= 0.6 is 11.3 Å². The van der Waals surface area contributed by atoms with Crippen LogP contribution in [0.5, 0.6) is 0 Å². The van der Waals surface area contributed by atoms with Crippen LogP contribution in [0.4, 0.5) is 5.69 Å². The Balaban J connectivity index is 1.81. The van der Waals surface area contributed by atoms with E-state index < -0.39 is 10.0 Å². The first-order chi connectivity index (χ1) is 10.1. The van der Waals surface area contributed by atoms with Gasteiger partial charge >= 0.3 is 0 Å². The minimum atomic E-state index is -3.56. The molecule has 3 rings (SSSR count). The molecular formula is C14H17N3O2S2. The summed E-state index contributed by atoms with van der Waals surface area (Å²) in [4.78, 5) is 5.17. The number of hydrogen-bond acceptors (Lipinski definition) is 5. The molecule has 1 aliphatic carbocycles. The van der Waals surface area contributed by atoms with Gasteiger partial charge in [-0.25, -0.2) is 8.42 Å². The van der Waals surface area contributed by atoms with Gasteiger partial charge in [0.05, 0.1) is 5.69 Å². The number of sulfonamides is 1. The Kier molecular flexibility index (Phi) is 3.97.